The minimum Gasteiger partial charge on any atom is -0.496 e. The lowest BCUT2D eigenvalue weighted by Gasteiger charge is -2.13. The summed E-state index contributed by atoms with van der Waals surface area (Å²) < 4.78 is 28.2. The number of hydrogen-bond donors (Lipinski definition) is 2. The summed E-state index contributed by atoms with van der Waals surface area (Å²) in [6, 6.07) is 9.26. The minimum absolute atomic E-state index is 0.0304. The maximum absolute atomic E-state index is 11.5. The molecule has 0 atom stereocenters. The van der Waals surface area contributed by atoms with E-state index in [2.05, 4.69) is 0 Å². The van der Waals surface area contributed by atoms with Crippen LogP contribution in [-0.4, -0.2) is 20.6 Å². The Morgan fingerprint density at radius 1 is 1.19 bits per heavy atom. The molecule has 0 aliphatic carbocycles. The van der Waals surface area contributed by atoms with Gasteiger partial charge in [0, 0.05) is 10.6 Å². The first-order valence-electron chi connectivity index (χ1n) is 5.97. The lowest BCUT2D eigenvalue weighted by Crippen LogP contribution is -2.12. The number of nitrogens with two attached hydrogens (primary N) is 1. The first-order valence-corrected chi connectivity index (χ1v) is 7.89. The van der Waals surface area contributed by atoms with Gasteiger partial charge in [0.2, 0.25) is 10.0 Å². The average Bonchev–Trinajstić information content (AvgIpc) is 2.45. The van der Waals surface area contributed by atoms with Crippen LogP contribution in [0, 0.1) is 0 Å². The Hall–Kier alpha value is -1.60. The van der Waals surface area contributed by atoms with E-state index in [4.69, 9.17) is 21.5 Å². The molecule has 2 rings (SSSR count). The van der Waals surface area contributed by atoms with Gasteiger partial charge in [0.1, 0.15) is 5.75 Å². The lowest BCUT2D eigenvalue weighted by molar-refractivity contribution is 0.282. The van der Waals surface area contributed by atoms with Crippen LogP contribution in [0.25, 0.3) is 11.1 Å². The first kappa shape index (κ1) is 15.8. The highest BCUT2D eigenvalue weighted by atomic mass is 35.5. The quantitative estimate of drug-likeness (QED) is 0.900. The van der Waals surface area contributed by atoms with Gasteiger partial charge in [-0.2, -0.15) is 0 Å². The number of benzene rings is 2. The molecule has 0 amide bonds. The number of primary sulfonamides is 1. The van der Waals surface area contributed by atoms with E-state index >= 15 is 0 Å². The van der Waals surface area contributed by atoms with Crippen LogP contribution >= 0.6 is 11.6 Å². The number of aliphatic hydroxyl groups is 1. The van der Waals surface area contributed by atoms with Crippen molar-refractivity contribution in [2.24, 2.45) is 5.14 Å². The Morgan fingerprint density at radius 2 is 1.90 bits per heavy atom. The van der Waals surface area contributed by atoms with Crippen LogP contribution in [0.3, 0.4) is 0 Å². The number of sulfonamides is 1. The third kappa shape index (κ3) is 3.36. The Kier molecular flexibility index (Phi) is 4.53. The molecule has 0 aliphatic heterocycles. The molecular weight excluding hydrogens is 314 g/mol. The second kappa shape index (κ2) is 6.03. The van der Waals surface area contributed by atoms with Gasteiger partial charge in [0.25, 0.3) is 0 Å². The molecule has 0 saturated carbocycles. The smallest absolute Gasteiger partial charge is 0.238 e. The van der Waals surface area contributed by atoms with Crippen LogP contribution in [0.4, 0.5) is 0 Å². The second-order valence-corrected chi connectivity index (χ2v) is 6.36. The zero-order valence-corrected chi connectivity index (χ0v) is 12.8. The fourth-order valence-electron chi connectivity index (χ4n) is 2.03. The molecule has 0 unspecified atom stereocenters. The largest absolute Gasteiger partial charge is 0.496 e. The van der Waals surface area contributed by atoms with Crippen molar-refractivity contribution in [2.45, 2.75) is 11.5 Å². The van der Waals surface area contributed by atoms with Gasteiger partial charge < -0.3 is 9.84 Å². The Balaban J connectivity index is 2.72. The van der Waals surface area contributed by atoms with Crippen molar-refractivity contribution in [1.29, 1.82) is 0 Å². The van der Waals surface area contributed by atoms with Gasteiger partial charge >= 0.3 is 0 Å². The molecule has 0 bridgehead atoms. The third-order valence-corrected chi connectivity index (χ3v) is 4.17. The molecule has 7 heteroatoms. The van der Waals surface area contributed by atoms with Crippen molar-refractivity contribution in [2.75, 3.05) is 7.11 Å². The number of hydrogen-bond acceptors (Lipinski definition) is 4. The highest BCUT2D eigenvalue weighted by Crippen LogP contribution is 2.35. The fourth-order valence-corrected chi connectivity index (χ4v) is 2.76. The van der Waals surface area contributed by atoms with E-state index in [0.717, 1.165) is 0 Å². The van der Waals surface area contributed by atoms with Crippen LogP contribution < -0.4 is 9.88 Å². The van der Waals surface area contributed by atoms with Crippen molar-refractivity contribution < 1.29 is 18.3 Å². The van der Waals surface area contributed by atoms with E-state index in [1.807, 2.05) is 0 Å². The van der Waals surface area contributed by atoms with Gasteiger partial charge in [-0.3, -0.25) is 0 Å². The van der Waals surface area contributed by atoms with E-state index in [1.165, 1.54) is 25.3 Å². The maximum Gasteiger partial charge on any atom is 0.238 e. The Labute approximate surface area is 128 Å². The van der Waals surface area contributed by atoms with Gasteiger partial charge in [-0.05, 0) is 41.5 Å². The molecule has 0 spiro atoms. The van der Waals surface area contributed by atoms with Crippen molar-refractivity contribution in [3.05, 3.63) is 47.0 Å². The minimum atomic E-state index is -3.83. The van der Waals surface area contributed by atoms with Crippen molar-refractivity contribution >= 4 is 21.6 Å². The lowest BCUT2D eigenvalue weighted by atomic mass is 9.99. The summed E-state index contributed by atoms with van der Waals surface area (Å²) in [5.74, 6) is 0.472. The zero-order valence-electron chi connectivity index (χ0n) is 11.2. The number of aliphatic hydroxyl groups excluding tert-OH is 1. The second-order valence-electron chi connectivity index (χ2n) is 4.37. The summed E-state index contributed by atoms with van der Waals surface area (Å²) in [6.45, 7) is -0.237. The van der Waals surface area contributed by atoms with E-state index in [-0.39, 0.29) is 11.5 Å². The summed E-state index contributed by atoms with van der Waals surface area (Å²) in [6.07, 6.45) is 0. The van der Waals surface area contributed by atoms with Crippen LogP contribution in [0.2, 0.25) is 5.02 Å². The summed E-state index contributed by atoms with van der Waals surface area (Å²) >= 11 is 5.90. The van der Waals surface area contributed by atoms with Gasteiger partial charge in [-0.25, -0.2) is 13.6 Å². The van der Waals surface area contributed by atoms with E-state index < -0.39 is 10.0 Å². The Morgan fingerprint density at radius 3 is 2.48 bits per heavy atom. The van der Waals surface area contributed by atoms with E-state index in [0.29, 0.717) is 27.5 Å². The monoisotopic (exact) mass is 327 g/mol. The third-order valence-electron chi connectivity index (χ3n) is 3.03. The molecule has 2 aromatic carbocycles. The fraction of sp³-hybridized carbons (Fsp3) is 0.143. The topological polar surface area (TPSA) is 89.6 Å². The predicted octanol–water partition coefficient (Wildman–Crippen LogP) is 2.16. The van der Waals surface area contributed by atoms with Crippen molar-refractivity contribution in [3.63, 3.8) is 0 Å². The molecule has 0 saturated heterocycles. The molecule has 21 heavy (non-hydrogen) atoms. The van der Waals surface area contributed by atoms with Gasteiger partial charge in [0.15, 0.2) is 0 Å². The van der Waals surface area contributed by atoms with Gasteiger partial charge in [-0.1, -0.05) is 17.7 Å². The number of halogens is 1. The SMILES string of the molecule is COc1ccc(S(N)(=O)=O)cc1-c1ccc(Cl)cc1CO. The molecule has 0 heterocycles. The number of methoxy groups -OCH3 is 1. The standard InChI is InChI=1S/C14H14ClNO4S/c1-20-14-5-3-11(21(16,18)19)7-13(14)12-4-2-10(15)6-9(12)8-17/h2-7,17H,8H2,1H3,(H2,16,18,19). The molecule has 0 aliphatic rings. The summed E-state index contributed by atoms with van der Waals surface area (Å²) in [5, 5.41) is 15.1. The molecule has 3 N–H and O–H groups in total. The molecule has 112 valence electrons. The number of ether oxygens (including phenoxy) is 1. The highest BCUT2D eigenvalue weighted by molar-refractivity contribution is 7.89. The predicted molar refractivity (Wildman–Crippen MR) is 80.7 cm³/mol. The Bertz CT molecular complexity index is 775. The van der Waals surface area contributed by atoms with Gasteiger partial charge in [-0.15, -0.1) is 0 Å². The summed E-state index contributed by atoms with van der Waals surface area (Å²) in [4.78, 5) is -0.0304. The van der Waals surface area contributed by atoms with E-state index in [9.17, 15) is 13.5 Å². The normalized spacial score (nSPS) is 11.4. The van der Waals surface area contributed by atoms with Crippen molar-refractivity contribution in [1.82, 2.24) is 0 Å². The van der Waals surface area contributed by atoms with Crippen LogP contribution in [0.1, 0.15) is 5.56 Å². The van der Waals surface area contributed by atoms with Gasteiger partial charge in [0.05, 0.1) is 18.6 Å². The molecular formula is C14H14ClNO4S. The summed E-state index contributed by atoms with van der Waals surface area (Å²) in [7, 11) is -2.35. The highest BCUT2D eigenvalue weighted by Gasteiger charge is 2.15. The molecule has 2 aromatic rings. The first-order chi connectivity index (χ1) is 9.86. The van der Waals surface area contributed by atoms with Crippen LogP contribution in [0.15, 0.2) is 41.3 Å². The number of rotatable bonds is 4. The van der Waals surface area contributed by atoms with E-state index in [1.54, 1.807) is 18.2 Å². The van der Waals surface area contributed by atoms with Crippen LogP contribution in [0.5, 0.6) is 5.75 Å². The van der Waals surface area contributed by atoms with Crippen molar-refractivity contribution in [3.8, 4) is 16.9 Å². The molecule has 5 nitrogen and oxygen atoms in total. The van der Waals surface area contributed by atoms with Crippen LogP contribution in [-0.2, 0) is 16.6 Å². The average molecular weight is 328 g/mol. The molecule has 0 fully saturated rings. The maximum atomic E-state index is 11.5. The summed E-state index contributed by atoms with van der Waals surface area (Å²) in [5.41, 5.74) is 1.71. The zero-order chi connectivity index (χ0) is 15.6. The molecule has 0 aromatic heterocycles. The molecule has 0 radical (unpaired) electrons.